The predicted octanol–water partition coefficient (Wildman–Crippen LogP) is 4.02. The number of hydrogen-bond donors (Lipinski definition) is 1. The molecule has 0 amide bonds. The van der Waals surface area contributed by atoms with Crippen LogP contribution < -0.4 is 5.32 Å². The van der Waals surface area contributed by atoms with E-state index < -0.39 is 11.2 Å². The van der Waals surface area contributed by atoms with Crippen molar-refractivity contribution in [2.24, 2.45) is 0 Å². The SMILES string of the molecule is CCCNC(c1cnc(C(F)(F)F)s1)c1scnc1C. The Labute approximate surface area is 122 Å². The van der Waals surface area contributed by atoms with E-state index in [1.54, 1.807) is 5.51 Å². The van der Waals surface area contributed by atoms with Gasteiger partial charge in [-0.3, -0.25) is 0 Å². The van der Waals surface area contributed by atoms with E-state index in [4.69, 9.17) is 0 Å². The van der Waals surface area contributed by atoms with Crippen LogP contribution in [0.5, 0.6) is 0 Å². The fourth-order valence-corrected chi connectivity index (χ4v) is 3.59. The first kappa shape index (κ1) is 15.4. The van der Waals surface area contributed by atoms with Crippen molar-refractivity contribution in [3.05, 3.63) is 32.2 Å². The zero-order chi connectivity index (χ0) is 14.8. The van der Waals surface area contributed by atoms with E-state index >= 15 is 0 Å². The van der Waals surface area contributed by atoms with E-state index in [1.807, 2.05) is 13.8 Å². The lowest BCUT2D eigenvalue weighted by Gasteiger charge is -2.15. The maximum atomic E-state index is 12.7. The van der Waals surface area contributed by atoms with Crippen LogP contribution in [-0.4, -0.2) is 16.5 Å². The maximum Gasteiger partial charge on any atom is 0.443 e. The molecule has 2 rings (SSSR count). The molecule has 1 N–H and O–H groups in total. The van der Waals surface area contributed by atoms with E-state index in [9.17, 15) is 13.2 Å². The van der Waals surface area contributed by atoms with Gasteiger partial charge in [0.2, 0.25) is 0 Å². The van der Waals surface area contributed by atoms with Gasteiger partial charge in [-0.15, -0.1) is 22.7 Å². The van der Waals surface area contributed by atoms with Crippen LogP contribution in [0.25, 0.3) is 0 Å². The van der Waals surface area contributed by atoms with Crippen molar-refractivity contribution in [2.45, 2.75) is 32.5 Å². The number of nitrogens with zero attached hydrogens (tertiary/aromatic N) is 2. The lowest BCUT2D eigenvalue weighted by atomic mass is 10.2. The Morgan fingerprint density at radius 2 is 2.10 bits per heavy atom. The molecule has 110 valence electrons. The summed E-state index contributed by atoms with van der Waals surface area (Å²) in [6.45, 7) is 4.59. The van der Waals surface area contributed by atoms with E-state index in [0.717, 1.165) is 23.5 Å². The molecule has 0 spiro atoms. The predicted molar refractivity (Wildman–Crippen MR) is 74.1 cm³/mol. The molecule has 0 aliphatic carbocycles. The van der Waals surface area contributed by atoms with E-state index in [-0.39, 0.29) is 6.04 Å². The first-order valence-corrected chi connectivity index (χ1v) is 7.79. The second kappa shape index (κ2) is 6.19. The molecule has 3 nitrogen and oxygen atoms in total. The zero-order valence-corrected chi connectivity index (χ0v) is 12.6. The van der Waals surface area contributed by atoms with Gasteiger partial charge in [-0.05, 0) is 19.9 Å². The van der Waals surface area contributed by atoms with Crippen molar-refractivity contribution in [3.8, 4) is 0 Å². The van der Waals surface area contributed by atoms with Crippen molar-refractivity contribution in [1.82, 2.24) is 15.3 Å². The molecule has 0 bridgehead atoms. The average Bonchev–Trinajstić information content (AvgIpc) is 2.99. The quantitative estimate of drug-likeness (QED) is 0.904. The third-order valence-corrected chi connectivity index (χ3v) is 4.80. The summed E-state index contributed by atoms with van der Waals surface area (Å²) in [5.41, 5.74) is 2.54. The van der Waals surface area contributed by atoms with Crippen molar-refractivity contribution >= 4 is 22.7 Å². The molecule has 1 atom stereocenters. The monoisotopic (exact) mass is 321 g/mol. The van der Waals surface area contributed by atoms with Crippen molar-refractivity contribution in [1.29, 1.82) is 0 Å². The normalized spacial score (nSPS) is 13.7. The Balaban J connectivity index is 2.32. The minimum absolute atomic E-state index is 0.268. The second-order valence-electron chi connectivity index (χ2n) is 4.25. The van der Waals surface area contributed by atoms with Gasteiger partial charge in [-0.25, -0.2) is 9.97 Å². The molecular weight excluding hydrogens is 307 g/mol. The van der Waals surface area contributed by atoms with Crippen LogP contribution in [-0.2, 0) is 6.18 Å². The molecule has 1 unspecified atom stereocenters. The van der Waals surface area contributed by atoms with Gasteiger partial charge < -0.3 is 5.32 Å². The third-order valence-electron chi connectivity index (χ3n) is 2.69. The van der Waals surface area contributed by atoms with Crippen LogP contribution >= 0.6 is 22.7 Å². The van der Waals surface area contributed by atoms with E-state index in [1.165, 1.54) is 17.5 Å². The number of aryl methyl sites for hydroxylation is 1. The van der Waals surface area contributed by atoms with Crippen molar-refractivity contribution < 1.29 is 13.2 Å². The summed E-state index contributed by atoms with van der Waals surface area (Å²) in [6, 6.07) is -0.268. The Morgan fingerprint density at radius 1 is 1.35 bits per heavy atom. The fourth-order valence-electron chi connectivity index (χ4n) is 1.75. The number of rotatable bonds is 5. The third kappa shape index (κ3) is 3.36. The number of hydrogen-bond acceptors (Lipinski definition) is 5. The Hall–Kier alpha value is -0.990. The fraction of sp³-hybridized carbons (Fsp3) is 0.500. The summed E-state index contributed by atoms with van der Waals surface area (Å²) in [5.74, 6) is 0. The van der Waals surface area contributed by atoms with Gasteiger partial charge >= 0.3 is 6.18 Å². The highest BCUT2D eigenvalue weighted by Crippen LogP contribution is 2.37. The zero-order valence-electron chi connectivity index (χ0n) is 11.0. The molecule has 8 heteroatoms. The summed E-state index contributed by atoms with van der Waals surface area (Å²) >= 11 is 2.13. The highest BCUT2D eigenvalue weighted by atomic mass is 32.1. The highest BCUT2D eigenvalue weighted by Gasteiger charge is 2.35. The lowest BCUT2D eigenvalue weighted by Crippen LogP contribution is -2.22. The van der Waals surface area contributed by atoms with Gasteiger partial charge in [0.25, 0.3) is 0 Å². The number of alkyl halides is 3. The number of halogens is 3. The van der Waals surface area contributed by atoms with Gasteiger partial charge in [-0.2, -0.15) is 13.2 Å². The molecule has 0 saturated carbocycles. The van der Waals surface area contributed by atoms with Gasteiger partial charge in [0.05, 0.1) is 17.2 Å². The summed E-state index contributed by atoms with van der Waals surface area (Å²) in [7, 11) is 0. The molecule has 0 aliphatic heterocycles. The molecule has 0 fully saturated rings. The molecule has 20 heavy (non-hydrogen) atoms. The minimum atomic E-state index is -4.39. The van der Waals surface area contributed by atoms with Crippen LogP contribution in [0, 0.1) is 6.92 Å². The Kier molecular flexibility index (Phi) is 4.77. The van der Waals surface area contributed by atoms with E-state index in [2.05, 4.69) is 15.3 Å². The number of thiazole rings is 2. The Bertz CT molecular complexity index is 562. The highest BCUT2D eigenvalue weighted by molar-refractivity contribution is 7.12. The smallest absolute Gasteiger partial charge is 0.305 e. The second-order valence-corrected chi connectivity index (χ2v) is 6.20. The van der Waals surface area contributed by atoms with Crippen LogP contribution in [0.3, 0.4) is 0 Å². The lowest BCUT2D eigenvalue weighted by molar-refractivity contribution is -0.137. The van der Waals surface area contributed by atoms with Crippen LogP contribution in [0.15, 0.2) is 11.7 Å². The summed E-state index contributed by atoms with van der Waals surface area (Å²) < 4.78 is 38.0. The van der Waals surface area contributed by atoms with Gasteiger partial charge in [-0.1, -0.05) is 6.92 Å². The topological polar surface area (TPSA) is 37.8 Å². The minimum Gasteiger partial charge on any atom is -0.305 e. The molecule has 0 aromatic carbocycles. The molecule has 2 aromatic rings. The van der Waals surface area contributed by atoms with Gasteiger partial charge in [0.1, 0.15) is 0 Å². The van der Waals surface area contributed by atoms with Crippen molar-refractivity contribution in [2.75, 3.05) is 6.54 Å². The van der Waals surface area contributed by atoms with E-state index in [0.29, 0.717) is 16.2 Å². The van der Waals surface area contributed by atoms with Crippen molar-refractivity contribution in [3.63, 3.8) is 0 Å². The van der Waals surface area contributed by atoms with Gasteiger partial charge in [0, 0.05) is 16.0 Å². The standard InChI is InChI=1S/C12H14F3N3S2/c1-3-4-16-9(10-7(2)18-6-19-10)8-5-17-11(20-8)12(13,14)15/h5-6,9,16H,3-4H2,1-2H3. The first-order chi connectivity index (χ1) is 9.43. The maximum absolute atomic E-state index is 12.7. The number of nitrogens with one attached hydrogen (secondary N) is 1. The molecular formula is C12H14F3N3S2. The molecule has 2 aromatic heterocycles. The Morgan fingerprint density at radius 3 is 2.60 bits per heavy atom. The summed E-state index contributed by atoms with van der Waals surface area (Å²) in [5, 5.41) is 2.46. The molecule has 2 heterocycles. The first-order valence-electron chi connectivity index (χ1n) is 6.09. The largest absolute Gasteiger partial charge is 0.443 e. The summed E-state index contributed by atoms with van der Waals surface area (Å²) in [4.78, 5) is 9.17. The average molecular weight is 321 g/mol. The number of aromatic nitrogens is 2. The van der Waals surface area contributed by atoms with Gasteiger partial charge in [0.15, 0.2) is 5.01 Å². The molecule has 0 aliphatic rings. The molecule has 0 saturated heterocycles. The van der Waals surface area contributed by atoms with Crippen LogP contribution in [0.4, 0.5) is 13.2 Å². The summed E-state index contributed by atoms with van der Waals surface area (Å²) in [6.07, 6.45) is -2.18. The van der Waals surface area contributed by atoms with Crippen LogP contribution in [0.1, 0.15) is 39.8 Å². The molecule has 0 radical (unpaired) electrons. The van der Waals surface area contributed by atoms with Crippen LogP contribution in [0.2, 0.25) is 0 Å².